The summed E-state index contributed by atoms with van der Waals surface area (Å²) in [5, 5.41) is 0.253. The van der Waals surface area contributed by atoms with Crippen molar-refractivity contribution in [2.75, 3.05) is 0 Å². The van der Waals surface area contributed by atoms with Gasteiger partial charge in [-0.05, 0) is 18.5 Å². The standard InChI is InChI=1S/C9H7ClN4/c1-6-8(4-13-9(10)14-6)7-2-11-5-12-3-7/h2-5H,1H3. The molecule has 0 spiro atoms. The van der Waals surface area contributed by atoms with E-state index in [9.17, 15) is 0 Å². The van der Waals surface area contributed by atoms with E-state index >= 15 is 0 Å². The molecule has 5 heteroatoms. The summed E-state index contributed by atoms with van der Waals surface area (Å²) in [5.41, 5.74) is 2.61. The third kappa shape index (κ3) is 1.70. The second-order valence-electron chi connectivity index (χ2n) is 2.77. The van der Waals surface area contributed by atoms with Crippen molar-refractivity contribution in [3.63, 3.8) is 0 Å². The Morgan fingerprint density at radius 1 is 1.14 bits per heavy atom. The molecule has 4 nitrogen and oxygen atoms in total. The first-order chi connectivity index (χ1) is 6.77. The van der Waals surface area contributed by atoms with Crippen LogP contribution in [0.5, 0.6) is 0 Å². The fourth-order valence-electron chi connectivity index (χ4n) is 1.16. The average molecular weight is 207 g/mol. The minimum absolute atomic E-state index is 0.253. The number of hydrogen-bond acceptors (Lipinski definition) is 4. The Kier molecular flexibility index (Phi) is 2.37. The van der Waals surface area contributed by atoms with Crippen molar-refractivity contribution in [2.45, 2.75) is 6.92 Å². The van der Waals surface area contributed by atoms with Gasteiger partial charge < -0.3 is 0 Å². The van der Waals surface area contributed by atoms with Gasteiger partial charge in [0.05, 0.1) is 5.69 Å². The van der Waals surface area contributed by atoms with Crippen LogP contribution in [0.15, 0.2) is 24.9 Å². The summed E-state index contributed by atoms with van der Waals surface area (Å²) in [6.45, 7) is 1.87. The zero-order valence-corrected chi connectivity index (χ0v) is 8.23. The molecule has 2 aromatic rings. The van der Waals surface area contributed by atoms with Crippen molar-refractivity contribution in [2.24, 2.45) is 0 Å². The average Bonchev–Trinajstić information content (AvgIpc) is 2.19. The molecular weight excluding hydrogens is 200 g/mol. The predicted molar refractivity (Wildman–Crippen MR) is 52.8 cm³/mol. The Bertz CT molecular complexity index is 444. The van der Waals surface area contributed by atoms with E-state index in [1.54, 1.807) is 18.6 Å². The number of aromatic nitrogens is 4. The van der Waals surface area contributed by atoms with Gasteiger partial charge in [0.1, 0.15) is 6.33 Å². The lowest BCUT2D eigenvalue weighted by Gasteiger charge is -2.02. The highest BCUT2D eigenvalue weighted by Gasteiger charge is 2.04. The van der Waals surface area contributed by atoms with Gasteiger partial charge in [-0.25, -0.2) is 19.9 Å². The van der Waals surface area contributed by atoms with Crippen molar-refractivity contribution in [1.82, 2.24) is 19.9 Å². The lowest BCUT2D eigenvalue weighted by atomic mass is 10.1. The van der Waals surface area contributed by atoms with E-state index < -0.39 is 0 Å². The molecule has 0 aromatic carbocycles. The summed E-state index contributed by atoms with van der Waals surface area (Å²) < 4.78 is 0. The van der Waals surface area contributed by atoms with Gasteiger partial charge in [-0.3, -0.25) is 0 Å². The van der Waals surface area contributed by atoms with Crippen molar-refractivity contribution < 1.29 is 0 Å². The monoisotopic (exact) mass is 206 g/mol. The van der Waals surface area contributed by atoms with Gasteiger partial charge in [0.15, 0.2) is 0 Å². The minimum atomic E-state index is 0.253. The van der Waals surface area contributed by atoms with Gasteiger partial charge in [-0.2, -0.15) is 0 Å². The van der Waals surface area contributed by atoms with Gasteiger partial charge >= 0.3 is 0 Å². The molecule has 0 saturated heterocycles. The predicted octanol–water partition coefficient (Wildman–Crippen LogP) is 1.90. The molecule has 0 unspecified atom stereocenters. The van der Waals surface area contributed by atoms with Gasteiger partial charge in [-0.15, -0.1) is 0 Å². The molecule has 0 radical (unpaired) electrons. The minimum Gasteiger partial charge on any atom is -0.244 e. The van der Waals surface area contributed by atoms with Gasteiger partial charge in [-0.1, -0.05) is 0 Å². The largest absolute Gasteiger partial charge is 0.244 e. The highest BCUT2D eigenvalue weighted by molar-refractivity contribution is 6.28. The maximum absolute atomic E-state index is 5.65. The van der Waals surface area contributed by atoms with Crippen LogP contribution in [-0.4, -0.2) is 19.9 Å². The third-order valence-electron chi connectivity index (χ3n) is 1.82. The third-order valence-corrected chi connectivity index (χ3v) is 2.00. The molecule has 0 atom stereocenters. The number of aryl methyl sites for hydroxylation is 1. The molecule has 0 fully saturated rings. The van der Waals surface area contributed by atoms with Crippen LogP contribution in [0, 0.1) is 6.92 Å². The first-order valence-corrected chi connectivity index (χ1v) is 4.39. The Morgan fingerprint density at radius 3 is 2.50 bits per heavy atom. The second kappa shape index (κ2) is 3.67. The normalized spacial score (nSPS) is 10.1. The van der Waals surface area contributed by atoms with Gasteiger partial charge in [0.2, 0.25) is 5.28 Å². The summed E-state index contributed by atoms with van der Waals surface area (Å²) in [5.74, 6) is 0. The summed E-state index contributed by atoms with van der Waals surface area (Å²) in [6.07, 6.45) is 6.58. The van der Waals surface area contributed by atoms with Crippen LogP contribution in [0.2, 0.25) is 5.28 Å². The summed E-state index contributed by atoms with van der Waals surface area (Å²) >= 11 is 5.65. The molecule has 2 rings (SSSR count). The highest BCUT2D eigenvalue weighted by Crippen LogP contribution is 2.19. The molecule has 0 aliphatic carbocycles. The van der Waals surface area contributed by atoms with Gasteiger partial charge in [0, 0.05) is 29.7 Å². The molecule has 2 heterocycles. The highest BCUT2D eigenvalue weighted by atomic mass is 35.5. The van der Waals surface area contributed by atoms with Crippen LogP contribution in [0.1, 0.15) is 5.69 Å². The van der Waals surface area contributed by atoms with Crippen LogP contribution in [0.3, 0.4) is 0 Å². The maximum Gasteiger partial charge on any atom is 0.222 e. The first kappa shape index (κ1) is 9.02. The fraction of sp³-hybridized carbons (Fsp3) is 0.111. The first-order valence-electron chi connectivity index (χ1n) is 4.02. The summed E-state index contributed by atoms with van der Waals surface area (Å²) in [7, 11) is 0. The zero-order chi connectivity index (χ0) is 9.97. The Morgan fingerprint density at radius 2 is 1.86 bits per heavy atom. The number of rotatable bonds is 1. The van der Waals surface area contributed by atoms with E-state index in [0.29, 0.717) is 0 Å². The van der Waals surface area contributed by atoms with Gasteiger partial charge in [0.25, 0.3) is 0 Å². The van der Waals surface area contributed by atoms with Crippen molar-refractivity contribution >= 4 is 11.6 Å². The quantitative estimate of drug-likeness (QED) is 0.669. The van der Waals surface area contributed by atoms with Crippen LogP contribution in [0.25, 0.3) is 11.1 Å². The van der Waals surface area contributed by atoms with E-state index in [1.165, 1.54) is 6.33 Å². The molecule has 0 aliphatic rings. The Labute approximate surface area is 86.0 Å². The van der Waals surface area contributed by atoms with Crippen LogP contribution in [0.4, 0.5) is 0 Å². The maximum atomic E-state index is 5.65. The van der Waals surface area contributed by atoms with Crippen LogP contribution >= 0.6 is 11.6 Å². The van der Waals surface area contributed by atoms with E-state index in [-0.39, 0.29) is 5.28 Å². The zero-order valence-electron chi connectivity index (χ0n) is 7.48. The molecule has 0 saturated carbocycles. The second-order valence-corrected chi connectivity index (χ2v) is 3.10. The van der Waals surface area contributed by atoms with Crippen molar-refractivity contribution in [3.05, 3.63) is 35.9 Å². The number of nitrogens with zero attached hydrogens (tertiary/aromatic N) is 4. The number of halogens is 1. The molecular formula is C9H7ClN4. The molecule has 0 bridgehead atoms. The van der Waals surface area contributed by atoms with E-state index in [2.05, 4.69) is 19.9 Å². The summed E-state index contributed by atoms with van der Waals surface area (Å²) in [6, 6.07) is 0. The lowest BCUT2D eigenvalue weighted by Crippen LogP contribution is -1.92. The summed E-state index contributed by atoms with van der Waals surface area (Å²) in [4.78, 5) is 15.8. The SMILES string of the molecule is Cc1nc(Cl)ncc1-c1cncnc1. The Hall–Kier alpha value is -1.55. The molecule has 0 N–H and O–H groups in total. The molecule has 2 aromatic heterocycles. The molecule has 14 heavy (non-hydrogen) atoms. The lowest BCUT2D eigenvalue weighted by molar-refractivity contribution is 1.09. The van der Waals surface area contributed by atoms with E-state index in [1.807, 2.05) is 6.92 Å². The smallest absolute Gasteiger partial charge is 0.222 e. The van der Waals surface area contributed by atoms with Crippen molar-refractivity contribution in [3.8, 4) is 11.1 Å². The number of hydrogen-bond donors (Lipinski definition) is 0. The molecule has 70 valence electrons. The van der Waals surface area contributed by atoms with Crippen LogP contribution in [-0.2, 0) is 0 Å². The fourth-order valence-corrected chi connectivity index (χ4v) is 1.34. The molecule has 0 aliphatic heterocycles. The molecule has 0 amide bonds. The van der Waals surface area contributed by atoms with Crippen molar-refractivity contribution in [1.29, 1.82) is 0 Å². The Balaban J connectivity index is 2.53. The van der Waals surface area contributed by atoms with E-state index in [4.69, 9.17) is 11.6 Å². The van der Waals surface area contributed by atoms with E-state index in [0.717, 1.165) is 16.8 Å². The topological polar surface area (TPSA) is 51.6 Å². The van der Waals surface area contributed by atoms with Crippen LogP contribution < -0.4 is 0 Å².